The fourth-order valence-corrected chi connectivity index (χ4v) is 1.54. The lowest BCUT2D eigenvalue weighted by atomic mass is 9.92. The average Bonchev–Trinajstić information content (AvgIpc) is 2.41. The standard InChI is InChI=1S/C15H23N3O2/c1-4-17-13(19)9-11-5-7-12(8-6-11)18-14(20)15(2,3)10-16/h5-8H,4,9-10,16H2,1-3H3,(H,17,19)(H,18,20). The number of likely N-dealkylation sites (N-methyl/N-ethyl adjacent to an activating group) is 1. The van der Waals surface area contributed by atoms with E-state index in [1.165, 1.54) is 0 Å². The molecule has 2 amide bonds. The quantitative estimate of drug-likeness (QED) is 0.732. The summed E-state index contributed by atoms with van der Waals surface area (Å²) >= 11 is 0. The van der Waals surface area contributed by atoms with E-state index in [0.717, 1.165) is 5.56 Å². The number of rotatable bonds is 6. The number of nitrogens with two attached hydrogens (primary N) is 1. The molecule has 1 rings (SSSR count). The molecule has 0 radical (unpaired) electrons. The Hall–Kier alpha value is -1.88. The van der Waals surface area contributed by atoms with Crippen LogP contribution in [0.15, 0.2) is 24.3 Å². The molecule has 0 aromatic heterocycles. The second kappa shape index (κ2) is 7.05. The maximum atomic E-state index is 12.0. The summed E-state index contributed by atoms with van der Waals surface area (Å²) < 4.78 is 0. The molecular weight excluding hydrogens is 254 g/mol. The van der Waals surface area contributed by atoms with Crippen molar-refractivity contribution in [1.29, 1.82) is 0 Å². The van der Waals surface area contributed by atoms with Gasteiger partial charge in [0.2, 0.25) is 11.8 Å². The molecule has 0 saturated carbocycles. The van der Waals surface area contributed by atoms with Crippen molar-refractivity contribution in [2.24, 2.45) is 11.1 Å². The molecule has 4 N–H and O–H groups in total. The Kier molecular flexibility index (Phi) is 5.70. The fraction of sp³-hybridized carbons (Fsp3) is 0.467. The Balaban J connectivity index is 2.63. The molecule has 0 aliphatic heterocycles. The van der Waals surface area contributed by atoms with Gasteiger partial charge in [-0.1, -0.05) is 12.1 Å². The van der Waals surface area contributed by atoms with E-state index in [-0.39, 0.29) is 18.4 Å². The molecule has 5 heteroatoms. The van der Waals surface area contributed by atoms with Crippen molar-refractivity contribution in [2.45, 2.75) is 27.2 Å². The summed E-state index contributed by atoms with van der Waals surface area (Å²) in [6.07, 6.45) is 0.344. The first-order valence-electron chi connectivity index (χ1n) is 6.76. The number of benzene rings is 1. The maximum absolute atomic E-state index is 12.0. The number of hydrogen-bond acceptors (Lipinski definition) is 3. The van der Waals surface area contributed by atoms with Gasteiger partial charge in [0.15, 0.2) is 0 Å². The van der Waals surface area contributed by atoms with Crippen LogP contribution in [0, 0.1) is 5.41 Å². The first-order chi connectivity index (χ1) is 9.39. The van der Waals surface area contributed by atoms with Gasteiger partial charge in [-0.25, -0.2) is 0 Å². The van der Waals surface area contributed by atoms with Crippen molar-refractivity contribution < 1.29 is 9.59 Å². The van der Waals surface area contributed by atoms with Crippen LogP contribution in [0.2, 0.25) is 0 Å². The topological polar surface area (TPSA) is 84.2 Å². The summed E-state index contributed by atoms with van der Waals surface area (Å²) in [6, 6.07) is 7.25. The van der Waals surface area contributed by atoms with Gasteiger partial charge in [-0.2, -0.15) is 0 Å². The number of carbonyl (C=O) groups excluding carboxylic acids is 2. The number of carbonyl (C=O) groups is 2. The van der Waals surface area contributed by atoms with E-state index in [9.17, 15) is 9.59 Å². The Morgan fingerprint density at radius 1 is 1.20 bits per heavy atom. The first-order valence-corrected chi connectivity index (χ1v) is 6.76. The van der Waals surface area contributed by atoms with Gasteiger partial charge in [0.05, 0.1) is 11.8 Å². The van der Waals surface area contributed by atoms with Crippen molar-refractivity contribution >= 4 is 17.5 Å². The summed E-state index contributed by atoms with van der Waals surface area (Å²) in [5.74, 6) is -0.120. The van der Waals surface area contributed by atoms with E-state index in [1.807, 2.05) is 19.1 Å². The number of hydrogen-bond donors (Lipinski definition) is 3. The van der Waals surface area contributed by atoms with Crippen molar-refractivity contribution in [2.75, 3.05) is 18.4 Å². The SMILES string of the molecule is CCNC(=O)Cc1ccc(NC(=O)C(C)(C)CN)cc1. The van der Waals surface area contributed by atoms with Crippen molar-refractivity contribution in [3.63, 3.8) is 0 Å². The second-order valence-corrected chi connectivity index (χ2v) is 5.37. The lowest BCUT2D eigenvalue weighted by Gasteiger charge is -2.21. The van der Waals surface area contributed by atoms with Crippen LogP contribution >= 0.6 is 0 Å². The van der Waals surface area contributed by atoms with Crippen LogP contribution < -0.4 is 16.4 Å². The Morgan fingerprint density at radius 2 is 1.80 bits per heavy atom. The summed E-state index contributed by atoms with van der Waals surface area (Å²) in [6.45, 7) is 6.39. The zero-order valence-corrected chi connectivity index (χ0v) is 12.3. The van der Waals surface area contributed by atoms with E-state index in [1.54, 1.807) is 26.0 Å². The molecule has 0 fully saturated rings. The predicted molar refractivity (Wildman–Crippen MR) is 80.3 cm³/mol. The van der Waals surface area contributed by atoms with Gasteiger partial charge in [0.1, 0.15) is 0 Å². The number of amides is 2. The molecule has 0 bridgehead atoms. The zero-order valence-electron chi connectivity index (χ0n) is 12.3. The Bertz CT molecular complexity index is 467. The van der Waals surface area contributed by atoms with E-state index < -0.39 is 5.41 Å². The zero-order chi connectivity index (χ0) is 15.2. The fourth-order valence-electron chi connectivity index (χ4n) is 1.54. The average molecular weight is 277 g/mol. The minimum atomic E-state index is -0.598. The van der Waals surface area contributed by atoms with Gasteiger partial charge in [0.25, 0.3) is 0 Å². The van der Waals surface area contributed by atoms with Crippen LogP contribution in [0.25, 0.3) is 0 Å². The molecule has 0 aliphatic rings. The molecule has 0 heterocycles. The lowest BCUT2D eigenvalue weighted by molar-refractivity contribution is -0.123. The highest BCUT2D eigenvalue weighted by Gasteiger charge is 2.25. The third kappa shape index (κ3) is 4.66. The Labute approximate surface area is 119 Å². The lowest BCUT2D eigenvalue weighted by Crippen LogP contribution is -2.37. The molecule has 1 aromatic rings. The second-order valence-electron chi connectivity index (χ2n) is 5.37. The molecule has 0 atom stereocenters. The highest BCUT2D eigenvalue weighted by Crippen LogP contribution is 2.17. The molecular formula is C15H23N3O2. The molecule has 20 heavy (non-hydrogen) atoms. The molecule has 5 nitrogen and oxygen atoms in total. The van der Waals surface area contributed by atoms with Crippen LogP contribution in [0.5, 0.6) is 0 Å². The predicted octanol–water partition coefficient (Wildman–Crippen LogP) is 1.29. The van der Waals surface area contributed by atoms with Gasteiger partial charge < -0.3 is 16.4 Å². The van der Waals surface area contributed by atoms with E-state index >= 15 is 0 Å². The third-order valence-electron chi connectivity index (χ3n) is 3.08. The largest absolute Gasteiger partial charge is 0.356 e. The maximum Gasteiger partial charge on any atom is 0.231 e. The monoisotopic (exact) mass is 277 g/mol. The van der Waals surface area contributed by atoms with Gasteiger partial charge in [-0.3, -0.25) is 9.59 Å². The normalized spacial score (nSPS) is 11.0. The van der Waals surface area contributed by atoms with Crippen molar-refractivity contribution in [1.82, 2.24) is 5.32 Å². The van der Waals surface area contributed by atoms with Crippen LogP contribution in [0.1, 0.15) is 26.3 Å². The molecule has 110 valence electrons. The number of anilines is 1. The van der Waals surface area contributed by atoms with Crippen LogP contribution in [-0.4, -0.2) is 24.9 Å². The molecule has 1 aromatic carbocycles. The molecule has 0 aliphatic carbocycles. The summed E-state index contributed by atoms with van der Waals surface area (Å²) in [4.78, 5) is 23.4. The van der Waals surface area contributed by atoms with Gasteiger partial charge in [0, 0.05) is 18.8 Å². The summed E-state index contributed by atoms with van der Waals surface area (Å²) in [5, 5.41) is 5.57. The molecule has 0 unspecified atom stereocenters. The highest BCUT2D eigenvalue weighted by molar-refractivity contribution is 5.95. The van der Waals surface area contributed by atoms with Crippen LogP contribution in [0.3, 0.4) is 0 Å². The number of nitrogens with one attached hydrogen (secondary N) is 2. The van der Waals surface area contributed by atoms with Gasteiger partial charge >= 0.3 is 0 Å². The van der Waals surface area contributed by atoms with E-state index in [4.69, 9.17) is 5.73 Å². The smallest absolute Gasteiger partial charge is 0.231 e. The Morgan fingerprint density at radius 3 is 2.30 bits per heavy atom. The van der Waals surface area contributed by atoms with E-state index in [2.05, 4.69) is 10.6 Å². The van der Waals surface area contributed by atoms with Crippen LogP contribution in [0.4, 0.5) is 5.69 Å². The van der Waals surface area contributed by atoms with Crippen LogP contribution in [-0.2, 0) is 16.0 Å². The van der Waals surface area contributed by atoms with Crippen molar-refractivity contribution in [3.8, 4) is 0 Å². The summed E-state index contributed by atoms with van der Waals surface area (Å²) in [7, 11) is 0. The van der Waals surface area contributed by atoms with Gasteiger partial charge in [-0.15, -0.1) is 0 Å². The first kappa shape index (κ1) is 16.2. The minimum absolute atomic E-state index is 0.00597. The van der Waals surface area contributed by atoms with E-state index in [0.29, 0.717) is 18.7 Å². The molecule has 0 spiro atoms. The minimum Gasteiger partial charge on any atom is -0.356 e. The molecule has 0 saturated heterocycles. The third-order valence-corrected chi connectivity index (χ3v) is 3.08. The summed E-state index contributed by atoms with van der Waals surface area (Å²) in [5.41, 5.74) is 6.58. The van der Waals surface area contributed by atoms with Crippen molar-refractivity contribution in [3.05, 3.63) is 29.8 Å². The highest BCUT2D eigenvalue weighted by atomic mass is 16.2. The van der Waals surface area contributed by atoms with Gasteiger partial charge in [-0.05, 0) is 38.5 Å².